The summed E-state index contributed by atoms with van der Waals surface area (Å²) in [7, 11) is 0. The number of benzene rings is 2. The fourth-order valence-corrected chi connectivity index (χ4v) is 3.13. The zero-order valence-electron chi connectivity index (χ0n) is 10.2. The molecule has 0 aliphatic heterocycles. The average Bonchev–Trinajstić information content (AvgIpc) is 2.82. The van der Waals surface area contributed by atoms with Crippen LogP contribution in [-0.2, 0) is 5.75 Å². The molecule has 3 N–H and O–H groups in total. The van der Waals surface area contributed by atoms with E-state index in [4.69, 9.17) is 17.3 Å². The lowest BCUT2D eigenvalue weighted by Crippen LogP contribution is -1.92. The molecule has 3 aromatic rings. The number of H-pyrrole nitrogens is 1. The van der Waals surface area contributed by atoms with Gasteiger partial charge < -0.3 is 10.7 Å². The molecule has 4 heteroatoms. The molecular formula is C15H13ClN2S. The number of nitrogens with one attached hydrogen (secondary N) is 1. The quantitative estimate of drug-likeness (QED) is 0.542. The first-order chi connectivity index (χ1) is 9.22. The lowest BCUT2D eigenvalue weighted by Gasteiger charge is -2.04. The van der Waals surface area contributed by atoms with Gasteiger partial charge in [-0.3, -0.25) is 0 Å². The van der Waals surface area contributed by atoms with Crippen LogP contribution in [-0.4, -0.2) is 4.98 Å². The van der Waals surface area contributed by atoms with Crippen LogP contribution in [0.1, 0.15) is 5.56 Å². The van der Waals surface area contributed by atoms with E-state index in [1.54, 1.807) is 11.8 Å². The van der Waals surface area contributed by atoms with Crippen LogP contribution >= 0.6 is 23.4 Å². The van der Waals surface area contributed by atoms with Crippen molar-refractivity contribution in [2.24, 2.45) is 0 Å². The third-order valence-corrected chi connectivity index (χ3v) is 4.21. The molecule has 0 radical (unpaired) electrons. The molecule has 2 nitrogen and oxygen atoms in total. The molecule has 0 spiro atoms. The monoisotopic (exact) mass is 288 g/mol. The van der Waals surface area contributed by atoms with E-state index < -0.39 is 0 Å². The van der Waals surface area contributed by atoms with Crippen LogP contribution in [0, 0.1) is 0 Å². The van der Waals surface area contributed by atoms with E-state index >= 15 is 0 Å². The smallest absolute Gasteiger partial charge is 0.0735 e. The van der Waals surface area contributed by atoms with E-state index in [0.717, 1.165) is 32.6 Å². The highest BCUT2D eigenvalue weighted by Gasteiger charge is 2.04. The van der Waals surface area contributed by atoms with Gasteiger partial charge in [0.15, 0.2) is 0 Å². The molecule has 0 amide bonds. The van der Waals surface area contributed by atoms with Crippen molar-refractivity contribution in [3.05, 3.63) is 59.1 Å². The van der Waals surface area contributed by atoms with Gasteiger partial charge in [0, 0.05) is 27.4 Å². The van der Waals surface area contributed by atoms with Crippen LogP contribution in [0.25, 0.3) is 10.9 Å². The SMILES string of the molecule is Nc1ccc(Cl)cc1CSc1cc2ccccc2[nH]1. The van der Waals surface area contributed by atoms with Gasteiger partial charge in [0.1, 0.15) is 0 Å². The minimum atomic E-state index is 0.724. The first kappa shape index (κ1) is 12.5. The summed E-state index contributed by atoms with van der Waals surface area (Å²) in [5, 5.41) is 3.09. The van der Waals surface area contributed by atoms with Gasteiger partial charge in [-0.2, -0.15) is 0 Å². The van der Waals surface area contributed by atoms with Crippen LogP contribution in [0.3, 0.4) is 0 Å². The Morgan fingerprint density at radius 3 is 2.79 bits per heavy atom. The van der Waals surface area contributed by atoms with Gasteiger partial charge in [0.05, 0.1) is 5.03 Å². The molecule has 3 rings (SSSR count). The van der Waals surface area contributed by atoms with Crippen LogP contribution in [0.5, 0.6) is 0 Å². The van der Waals surface area contributed by atoms with Crippen molar-refractivity contribution in [3.63, 3.8) is 0 Å². The minimum absolute atomic E-state index is 0.724. The Morgan fingerprint density at radius 2 is 1.95 bits per heavy atom. The molecule has 0 atom stereocenters. The second kappa shape index (κ2) is 5.19. The lowest BCUT2D eigenvalue weighted by molar-refractivity contribution is 1.23. The van der Waals surface area contributed by atoms with Crippen molar-refractivity contribution in [3.8, 4) is 0 Å². The molecule has 0 unspecified atom stereocenters. The lowest BCUT2D eigenvalue weighted by atomic mass is 10.2. The number of anilines is 1. The number of nitrogens with two attached hydrogens (primary N) is 1. The summed E-state index contributed by atoms with van der Waals surface area (Å²) in [4.78, 5) is 3.39. The number of nitrogen functional groups attached to an aromatic ring is 1. The number of hydrogen-bond donors (Lipinski definition) is 2. The van der Waals surface area contributed by atoms with Crippen LogP contribution in [0.4, 0.5) is 5.69 Å². The topological polar surface area (TPSA) is 41.8 Å². The highest BCUT2D eigenvalue weighted by molar-refractivity contribution is 7.98. The Labute approximate surface area is 121 Å². The summed E-state index contributed by atoms with van der Waals surface area (Å²) in [6.45, 7) is 0. The molecule has 1 aromatic heterocycles. The molecule has 2 aromatic carbocycles. The summed E-state index contributed by atoms with van der Waals surface area (Å²) in [5.74, 6) is 0.805. The van der Waals surface area contributed by atoms with E-state index in [2.05, 4.69) is 23.2 Å². The van der Waals surface area contributed by atoms with Crippen molar-refractivity contribution in [1.29, 1.82) is 0 Å². The average molecular weight is 289 g/mol. The first-order valence-electron chi connectivity index (χ1n) is 5.97. The van der Waals surface area contributed by atoms with Crippen molar-refractivity contribution >= 4 is 40.0 Å². The van der Waals surface area contributed by atoms with E-state index in [1.165, 1.54) is 5.39 Å². The number of rotatable bonds is 3. The molecule has 0 fully saturated rings. The van der Waals surface area contributed by atoms with E-state index in [-0.39, 0.29) is 0 Å². The van der Waals surface area contributed by atoms with E-state index in [9.17, 15) is 0 Å². The highest BCUT2D eigenvalue weighted by atomic mass is 35.5. The van der Waals surface area contributed by atoms with Crippen LogP contribution in [0.2, 0.25) is 5.02 Å². The predicted octanol–water partition coefficient (Wildman–Crippen LogP) is 4.70. The van der Waals surface area contributed by atoms with Gasteiger partial charge >= 0.3 is 0 Å². The Bertz CT molecular complexity index is 688. The normalized spacial score (nSPS) is 11.0. The van der Waals surface area contributed by atoms with Crippen molar-refractivity contribution in [1.82, 2.24) is 4.98 Å². The van der Waals surface area contributed by atoms with E-state index in [0.29, 0.717) is 0 Å². The van der Waals surface area contributed by atoms with Crippen LogP contribution < -0.4 is 5.73 Å². The first-order valence-corrected chi connectivity index (χ1v) is 7.33. The van der Waals surface area contributed by atoms with Crippen molar-refractivity contribution in [2.45, 2.75) is 10.8 Å². The third kappa shape index (κ3) is 2.72. The molecule has 19 heavy (non-hydrogen) atoms. The molecule has 0 saturated carbocycles. The Kier molecular flexibility index (Phi) is 3.40. The number of aromatic amines is 1. The number of para-hydroxylation sites is 1. The van der Waals surface area contributed by atoms with Gasteiger partial charge in [-0.15, -0.1) is 11.8 Å². The summed E-state index contributed by atoms with van der Waals surface area (Å²) >= 11 is 7.72. The fraction of sp³-hybridized carbons (Fsp3) is 0.0667. The second-order valence-electron chi connectivity index (χ2n) is 4.35. The third-order valence-electron chi connectivity index (χ3n) is 2.99. The zero-order valence-corrected chi connectivity index (χ0v) is 11.8. The summed E-state index contributed by atoms with van der Waals surface area (Å²) in [5.41, 5.74) is 8.95. The molecule has 0 aliphatic rings. The Balaban J connectivity index is 1.80. The zero-order chi connectivity index (χ0) is 13.2. The van der Waals surface area contributed by atoms with Gasteiger partial charge in [0.2, 0.25) is 0 Å². The predicted molar refractivity (Wildman–Crippen MR) is 83.7 cm³/mol. The number of hydrogen-bond acceptors (Lipinski definition) is 2. The summed E-state index contributed by atoms with van der Waals surface area (Å²) in [6.07, 6.45) is 0. The molecule has 0 aliphatic carbocycles. The number of fused-ring (bicyclic) bond motifs is 1. The maximum atomic E-state index is 5.99. The van der Waals surface area contributed by atoms with Crippen molar-refractivity contribution < 1.29 is 0 Å². The van der Waals surface area contributed by atoms with Crippen molar-refractivity contribution in [2.75, 3.05) is 5.73 Å². The molecule has 0 bridgehead atoms. The summed E-state index contributed by atoms with van der Waals surface area (Å²) in [6, 6.07) is 16.0. The van der Waals surface area contributed by atoms with Gasteiger partial charge in [-0.1, -0.05) is 29.8 Å². The molecule has 1 heterocycles. The Morgan fingerprint density at radius 1 is 1.11 bits per heavy atom. The number of thioether (sulfide) groups is 1. The van der Waals surface area contributed by atoms with Gasteiger partial charge in [0.25, 0.3) is 0 Å². The Hall–Kier alpha value is -1.58. The van der Waals surface area contributed by atoms with Crippen LogP contribution in [0.15, 0.2) is 53.6 Å². The maximum absolute atomic E-state index is 5.99. The number of aromatic nitrogens is 1. The minimum Gasteiger partial charge on any atom is -0.398 e. The van der Waals surface area contributed by atoms with E-state index in [1.807, 2.05) is 30.3 Å². The molecular weight excluding hydrogens is 276 g/mol. The fourth-order valence-electron chi connectivity index (χ4n) is 1.98. The molecule has 96 valence electrons. The summed E-state index contributed by atoms with van der Waals surface area (Å²) < 4.78 is 0. The standard InChI is InChI=1S/C15H13ClN2S/c16-12-5-6-13(17)11(7-12)9-19-15-8-10-3-1-2-4-14(10)18-15/h1-8,18H,9,17H2. The highest BCUT2D eigenvalue weighted by Crippen LogP contribution is 2.29. The van der Waals surface area contributed by atoms with Gasteiger partial charge in [-0.05, 0) is 35.9 Å². The largest absolute Gasteiger partial charge is 0.398 e. The molecule has 0 saturated heterocycles. The second-order valence-corrected chi connectivity index (χ2v) is 5.81. The number of halogens is 1. The maximum Gasteiger partial charge on any atom is 0.0735 e. The van der Waals surface area contributed by atoms with Gasteiger partial charge in [-0.25, -0.2) is 0 Å².